The molecule has 8 heteroatoms. The van der Waals surface area contributed by atoms with Gasteiger partial charge >= 0.3 is 0 Å². The van der Waals surface area contributed by atoms with E-state index in [4.69, 9.17) is 19.4 Å². The normalized spacial score (nSPS) is 11.9. The van der Waals surface area contributed by atoms with Crippen LogP contribution in [-0.4, -0.2) is 34.2 Å². The summed E-state index contributed by atoms with van der Waals surface area (Å²) in [7, 11) is 3.37. The van der Waals surface area contributed by atoms with Crippen LogP contribution in [0.15, 0.2) is 153 Å². The van der Waals surface area contributed by atoms with E-state index in [9.17, 15) is 0 Å². The van der Waals surface area contributed by atoms with Gasteiger partial charge in [-0.15, -0.1) is 0 Å². The molecule has 262 valence electrons. The van der Waals surface area contributed by atoms with E-state index < -0.39 is 0 Å². The number of nitrogens with one attached hydrogen (secondary N) is 2. The van der Waals surface area contributed by atoms with Gasteiger partial charge in [-0.05, 0) is 108 Å². The van der Waals surface area contributed by atoms with Gasteiger partial charge in [0.2, 0.25) is 0 Å². The Bertz CT molecular complexity index is 2530. The van der Waals surface area contributed by atoms with Crippen LogP contribution in [0.5, 0.6) is 11.5 Å². The minimum absolute atomic E-state index is 0.817. The Morgan fingerprint density at radius 2 is 0.778 bits per heavy atom. The molecule has 8 bridgehead atoms. The number of rotatable bonds is 8. The predicted molar refractivity (Wildman–Crippen MR) is 224 cm³/mol. The van der Waals surface area contributed by atoms with Gasteiger partial charge in [-0.2, -0.15) is 0 Å². The van der Waals surface area contributed by atoms with Crippen LogP contribution in [0.1, 0.15) is 22.8 Å². The first-order valence-electron chi connectivity index (χ1n) is 17.5. The molecule has 0 amide bonds. The molecule has 2 N–H and O–H groups in total. The second-order valence-corrected chi connectivity index (χ2v) is 14.9. The summed E-state index contributed by atoms with van der Waals surface area (Å²) in [5.74, 6) is 1.63. The largest absolute Gasteiger partial charge is 0.497 e. The van der Waals surface area contributed by atoms with Crippen LogP contribution in [0.4, 0.5) is 0 Å². The minimum atomic E-state index is 0.817. The average Bonchev–Trinajstić information content (AvgIpc) is 4.07. The molecular weight excluding hydrogens is 705 g/mol. The second-order valence-electron chi connectivity index (χ2n) is 12.7. The topological polar surface area (TPSA) is 75.8 Å². The highest BCUT2D eigenvalue weighted by atomic mass is 32.2. The van der Waals surface area contributed by atoms with Gasteiger partial charge in [-0.1, -0.05) is 84.2 Å². The monoisotopic (exact) mass is 738 g/mol. The van der Waals surface area contributed by atoms with Crippen molar-refractivity contribution in [1.82, 2.24) is 19.9 Å². The Morgan fingerprint density at radius 3 is 1.17 bits per heavy atom. The van der Waals surface area contributed by atoms with Crippen LogP contribution in [-0.2, 0) is 0 Å². The van der Waals surface area contributed by atoms with Gasteiger partial charge in [0.25, 0.3) is 0 Å². The summed E-state index contributed by atoms with van der Waals surface area (Å²) in [6.45, 7) is 0. The highest BCUT2D eigenvalue weighted by Gasteiger charge is 2.18. The van der Waals surface area contributed by atoms with Crippen molar-refractivity contribution in [3.05, 3.63) is 156 Å². The standard InChI is InChI=1S/C46H34N4O2S2/c1-51-31-13-17-33(18-14-31)53-45-39-25-21-35(47-39)43(29-9-5-3-6-10-29)37-23-27-41(49-37)46(54-34-19-15-32(52-2)16-20-34)42-28-24-38(50-42)44(30-11-7-4-8-12-30)36-22-26-40(45)48-36/h3-28,47,50H,1-2H3. The van der Waals surface area contributed by atoms with Gasteiger partial charge < -0.3 is 19.4 Å². The van der Waals surface area contributed by atoms with E-state index in [-0.39, 0.29) is 0 Å². The molecule has 0 saturated heterocycles. The third-order valence-electron chi connectivity index (χ3n) is 9.34. The number of benzene rings is 4. The van der Waals surface area contributed by atoms with Gasteiger partial charge in [0.15, 0.2) is 0 Å². The van der Waals surface area contributed by atoms with Crippen LogP contribution < -0.4 is 9.47 Å². The van der Waals surface area contributed by atoms with Crippen LogP contribution in [0.3, 0.4) is 0 Å². The summed E-state index contributed by atoms with van der Waals surface area (Å²) in [5.41, 5.74) is 11.6. The molecule has 9 rings (SSSR count). The summed E-state index contributed by atoms with van der Waals surface area (Å²) < 4.78 is 10.9. The van der Waals surface area contributed by atoms with Crippen molar-refractivity contribution in [3.63, 3.8) is 0 Å². The fraction of sp³-hybridized carbons (Fsp3) is 0.0435. The summed E-state index contributed by atoms with van der Waals surface area (Å²) in [5, 5.41) is 0. The number of H-pyrrole nitrogens is 2. The van der Waals surface area contributed by atoms with E-state index in [0.717, 1.165) is 98.2 Å². The molecule has 0 aliphatic carbocycles. The molecule has 5 heterocycles. The van der Waals surface area contributed by atoms with E-state index in [1.165, 1.54) is 0 Å². The zero-order valence-corrected chi connectivity index (χ0v) is 31.2. The third kappa shape index (κ3) is 6.62. The zero-order chi connectivity index (χ0) is 36.4. The van der Waals surface area contributed by atoms with Crippen molar-refractivity contribution in [2.75, 3.05) is 14.2 Å². The summed E-state index contributed by atoms with van der Waals surface area (Å²) >= 11 is 3.35. The van der Waals surface area contributed by atoms with Gasteiger partial charge in [0.05, 0.1) is 57.8 Å². The van der Waals surface area contributed by atoms with E-state index in [0.29, 0.717) is 0 Å². The number of nitrogens with zero attached hydrogens (tertiary/aromatic N) is 2. The maximum Gasteiger partial charge on any atom is 0.118 e. The number of ether oxygens (including phenoxy) is 2. The fourth-order valence-electron chi connectivity index (χ4n) is 6.71. The lowest BCUT2D eigenvalue weighted by Crippen LogP contribution is -1.88. The van der Waals surface area contributed by atoms with Crippen molar-refractivity contribution < 1.29 is 9.47 Å². The molecule has 0 fully saturated rings. The molecule has 6 nitrogen and oxygen atoms in total. The van der Waals surface area contributed by atoms with Crippen LogP contribution in [0, 0.1) is 0 Å². The van der Waals surface area contributed by atoms with Gasteiger partial charge in [0.1, 0.15) is 11.5 Å². The van der Waals surface area contributed by atoms with Crippen LogP contribution in [0.2, 0.25) is 0 Å². The number of hydrogen-bond donors (Lipinski definition) is 2. The van der Waals surface area contributed by atoms with Gasteiger partial charge in [-0.3, -0.25) is 0 Å². The zero-order valence-electron chi connectivity index (χ0n) is 29.5. The summed E-state index contributed by atoms with van der Waals surface area (Å²) in [6, 6.07) is 45.8. The van der Waals surface area contributed by atoms with Crippen LogP contribution >= 0.6 is 23.5 Å². The van der Waals surface area contributed by atoms with Crippen molar-refractivity contribution in [1.29, 1.82) is 0 Å². The Kier molecular flexibility index (Phi) is 9.12. The molecular formula is C46H34N4O2S2. The predicted octanol–water partition coefficient (Wildman–Crippen LogP) is 12.3. The molecule has 2 aliphatic rings. The number of aromatic amines is 2. The van der Waals surface area contributed by atoms with E-state index in [1.54, 1.807) is 37.7 Å². The van der Waals surface area contributed by atoms with Crippen LogP contribution in [0.25, 0.3) is 68.6 Å². The quantitative estimate of drug-likeness (QED) is 0.162. The lowest BCUT2D eigenvalue weighted by Gasteiger charge is -2.07. The molecule has 0 atom stereocenters. The number of fused-ring (bicyclic) bond motifs is 8. The van der Waals surface area contributed by atoms with Crippen molar-refractivity contribution in [2.45, 2.75) is 19.6 Å². The average molecular weight is 739 g/mol. The molecule has 0 radical (unpaired) electrons. The molecule has 3 aromatic heterocycles. The Balaban J connectivity index is 1.37. The SMILES string of the molecule is COc1ccc(Sc2c3nc(c(-c4ccccc4)c4ccc([nH]4)c(Sc4ccc(OC)cc4)c4nc(c(-c5ccccc5)c5ccc2[nH]5)C=C4)C=C3)cc1. The minimum Gasteiger partial charge on any atom is -0.497 e. The molecule has 0 saturated carbocycles. The van der Waals surface area contributed by atoms with Gasteiger partial charge in [0, 0.05) is 32.0 Å². The molecule has 7 aromatic rings. The molecule has 54 heavy (non-hydrogen) atoms. The van der Waals surface area contributed by atoms with E-state index >= 15 is 0 Å². The Morgan fingerprint density at radius 1 is 0.407 bits per heavy atom. The maximum absolute atomic E-state index is 5.46. The van der Waals surface area contributed by atoms with Gasteiger partial charge in [-0.25, -0.2) is 9.97 Å². The summed E-state index contributed by atoms with van der Waals surface area (Å²) in [6.07, 6.45) is 8.49. The fourth-order valence-corrected chi connectivity index (χ4v) is 8.62. The van der Waals surface area contributed by atoms with Crippen molar-refractivity contribution >= 4 is 69.9 Å². The Hall–Kier alpha value is -6.22. The number of hydrogen-bond acceptors (Lipinski definition) is 6. The molecule has 0 unspecified atom stereocenters. The Labute approximate surface area is 321 Å². The molecule has 2 aliphatic heterocycles. The highest BCUT2D eigenvalue weighted by Crippen LogP contribution is 2.41. The first-order chi connectivity index (χ1) is 26.6. The smallest absolute Gasteiger partial charge is 0.118 e. The maximum atomic E-state index is 5.46. The number of aromatic nitrogens is 4. The van der Waals surface area contributed by atoms with E-state index in [1.807, 2.05) is 36.4 Å². The third-order valence-corrected chi connectivity index (χ3v) is 11.6. The first-order valence-corrected chi connectivity index (χ1v) is 19.2. The number of methoxy groups -OCH3 is 2. The van der Waals surface area contributed by atoms with E-state index in [2.05, 4.69) is 131 Å². The van der Waals surface area contributed by atoms with Crippen molar-refractivity contribution in [2.24, 2.45) is 0 Å². The lowest BCUT2D eigenvalue weighted by atomic mass is 10.0. The highest BCUT2D eigenvalue weighted by molar-refractivity contribution is 7.99. The first kappa shape index (κ1) is 33.6. The molecule has 4 aromatic carbocycles. The second kappa shape index (κ2) is 14.7. The lowest BCUT2D eigenvalue weighted by molar-refractivity contribution is 0.414. The van der Waals surface area contributed by atoms with Crippen molar-refractivity contribution in [3.8, 4) is 33.8 Å². The summed E-state index contributed by atoms with van der Waals surface area (Å²) in [4.78, 5) is 22.5. The molecule has 0 spiro atoms.